The molecule has 8 heteroatoms. The molecule has 21 heavy (non-hydrogen) atoms. The largest absolute Gasteiger partial charge is 0.395 e. The summed E-state index contributed by atoms with van der Waals surface area (Å²) in [5, 5.41) is 12.6. The summed E-state index contributed by atoms with van der Waals surface area (Å²) in [6, 6.07) is 4.67. The van der Waals surface area contributed by atoms with E-state index in [-0.39, 0.29) is 34.1 Å². The molecule has 0 aromatic heterocycles. The van der Waals surface area contributed by atoms with Crippen LogP contribution in [0.3, 0.4) is 0 Å². The van der Waals surface area contributed by atoms with E-state index in [2.05, 4.69) is 5.32 Å². The fourth-order valence-electron chi connectivity index (χ4n) is 2.44. The molecule has 0 bridgehead atoms. The number of rotatable bonds is 6. The predicted molar refractivity (Wildman–Crippen MR) is 83.3 cm³/mol. The third kappa shape index (κ3) is 3.88. The van der Waals surface area contributed by atoms with E-state index in [1.807, 2.05) is 0 Å². The molecule has 5 nitrogen and oxygen atoms in total. The summed E-state index contributed by atoms with van der Waals surface area (Å²) in [6.45, 7) is 0.936. The molecule has 1 aliphatic heterocycles. The molecule has 118 valence electrons. The highest BCUT2D eigenvalue weighted by atomic mass is 35.5. The van der Waals surface area contributed by atoms with Gasteiger partial charge in [-0.3, -0.25) is 0 Å². The average Bonchev–Trinajstić information content (AvgIpc) is 2.90. The van der Waals surface area contributed by atoms with E-state index in [4.69, 9.17) is 28.3 Å². The molecule has 1 aromatic rings. The molecule has 1 aliphatic rings. The van der Waals surface area contributed by atoms with E-state index in [0.717, 1.165) is 19.4 Å². The number of nitrogens with zero attached hydrogens (tertiary/aromatic N) is 1. The highest BCUT2D eigenvalue weighted by molar-refractivity contribution is 7.89. The molecule has 0 radical (unpaired) electrons. The summed E-state index contributed by atoms with van der Waals surface area (Å²) in [7, 11) is -3.84. The normalized spacial score (nSPS) is 19.3. The number of benzene rings is 1. The Balaban J connectivity index is 2.32. The van der Waals surface area contributed by atoms with E-state index in [9.17, 15) is 8.42 Å². The third-order valence-electron chi connectivity index (χ3n) is 3.45. The lowest BCUT2D eigenvalue weighted by Gasteiger charge is -2.25. The first kappa shape index (κ1) is 17.0. The number of sulfonamides is 1. The zero-order valence-electron chi connectivity index (χ0n) is 11.4. The second kappa shape index (κ2) is 7.26. The summed E-state index contributed by atoms with van der Waals surface area (Å²) < 4.78 is 26.8. The van der Waals surface area contributed by atoms with Gasteiger partial charge in [-0.1, -0.05) is 29.3 Å². The van der Waals surface area contributed by atoms with Crippen molar-refractivity contribution in [2.24, 2.45) is 0 Å². The Labute approximate surface area is 134 Å². The lowest BCUT2D eigenvalue weighted by molar-refractivity contribution is 0.246. The summed E-state index contributed by atoms with van der Waals surface area (Å²) >= 11 is 12.0. The van der Waals surface area contributed by atoms with Gasteiger partial charge in [0.2, 0.25) is 10.0 Å². The molecule has 1 aromatic carbocycles. The van der Waals surface area contributed by atoms with Crippen LogP contribution in [0.1, 0.15) is 12.8 Å². The molecule has 0 amide bonds. The van der Waals surface area contributed by atoms with Gasteiger partial charge >= 0.3 is 0 Å². The number of hydrogen-bond donors (Lipinski definition) is 2. The molecule has 2 N–H and O–H groups in total. The third-order valence-corrected chi connectivity index (χ3v) is 6.27. The van der Waals surface area contributed by atoms with Crippen molar-refractivity contribution in [1.82, 2.24) is 9.62 Å². The topological polar surface area (TPSA) is 69.6 Å². The van der Waals surface area contributed by atoms with Gasteiger partial charge in [-0.25, -0.2) is 8.42 Å². The first-order valence-corrected chi connectivity index (χ1v) is 8.95. The standard InChI is InChI=1S/C13H18Cl2N2O3S/c14-11-4-1-5-12(15)13(11)21(19,20)17(7-8-18)9-10-3-2-6-16-10/h1,4-5,10,16,18H,2-3,6-9H2. The molecule has 1 atom stereocenters. The maximum absolute atomic E-state index is 12.8. The number of halogens is 2. The van der Waals surface area contributed by atoms with Gasteiger partial charge in [-0.2, -0.15) is 4.31 Å². The van der Waals surface area contributed by atoms with Crippen LogP contribution in [0.2, 0.25) is 10.0 Å². The van der Waals surface area contributed by atoms with Gasteiger partial charge in [-0.05, 0) is 31.5 Å². The van der Waals surface area contributed by atoms with E-state index < -0.39 is 10.0 Å². The summed E-state index contributed by atoms with van der Waals surface area (Å²) in [4.78, 5) is -0.0974. The zero-order valence-corrected chi connectivity index (χ0v) is 13.8. The molecule has 0 aliphatic carbocycles. The maximum atomic E-state index is 12.8. The van der Waals surface area contributed by atoms with Crippen molar-refractivity contribution in [2.75, 3.05) is 26.2 Å². The van der Waals surface area contributed by atoms with Crippen molar-refractivity contribution in [3.63, 3.8) is 0 Å². The van der Waals surface area contributed by atoms with E-state index in [1.165, 1.54) is 16.4 Å². The second-order valence-electron chi connectivity index (χ2n) is 4.93. The zero-order chi connectivity index (χ0) is 15.5. The summed E-state index contributed by atoms with van der Waals surface area (Å²) in [6.07, 6.45) is 1.93. The molecule has 1 fully saturated rings. The van der Waals surface area contributed by atoms with E-state index in [0.29, 0.717) is 6.54 Å². The molecule has 1 heterocycles. The first-order chi connectivity index (χ1) is 9.96. The van der Waals surface area contributed by atoms with Crippen molar-refractivity contribution in [1.29, 1.82) is 0 Å². The highest BCUT2D eigenvalue weighted by Gasteiger charge is 2.31. The van der Waals surface area contributed by atoms with Crippen molar-refractivity contribution < 1.29 is 13.5 Å². The molecule has 1 unspecified atom stereocenters. The molecular weight excluding hydrogens is 335 g/mol. The Kier molecular flexibility index (Phi) is 5.88. The first-order valence-electron chi connectivity index (χ1n) is 6.75. The number of aliphatic hydroxyl groups is 1. The lowest BCUT2D eigenvalue weighted by atomic mass is 10.2. The number of hydrogen-bond acceptors (Lipinski definition) is 4. The van der Waals surface area contributed by atoms with Gasteiger partial charge in [0, 0.05) is 19.1 Å². The minimum absolute atomic E-state index is 0.0159. The van der Waals surface area contributed by atoms with Gasteiger partial charge < -0.3 is 10.4 Å². The quantitative estimate of drug-likeness (QED) is 0.817. The Hall–Kier alpha value is -0.370. The predicted octanol–water partition coefficient (Wildman–Crippen LogP) is 1.73. The Morgan fingerprint density at radius 2 is 2.00 bits per heavy atom. The van der Waals surface area contributed by atoms with Gasteiger partial charge in [0.1, 0.15) is 4.90 Å². The maximum Gasteiger partial charge on any atom is 0.246 e. The fourth-order valence-corrected chi connectivity index (χ4v) is 5.01. The van der Waals surface area contributed by atoms with Gasteiger partial charge in [0.25, 0.3) is 0 Å². The van der Waals surface area contributed by atoms with Gasteiger partial charge in [-0.15, -0.1) is 0 Å². The van der Waals surface area contributed by atoms with Crippen molar-refractivity contribution >= 4 is 33.2 Å². The van der Waals surface area contributed by atoms with Gasteiger partial charge in [0.05, 0.1) is 16.7 Å². The average molecular weight is 353 g/mol. The minimum atomic E-state index is -3.84. The van der Waals surface area contributed by atoms with Crippen molar-refractivity contribution in [2.45, 2.75) is 23.8 Å². The van der Waals surface area contributed by atoms with Gasteiger partial charge in [0.15, 0.2) is 0 Å². The molecule has 1 saturated heterocycles. The van der Waals surface area contributed by atoms with Crippen LogP contribution >= 0.6 is 23.2 Å². The van der Waals surface area contributed by atoms with Crippen LogP contribution in [0.25, 0.3) is 0 Å². The van der Waals surface area contributed by atoms with Crippen LogP contribution in [0.15, 0.2) is 23.1 Å². The fraction of sp³-hybridized carbons (Fsp3) is 0.538. The van der Waals surface area contributed by atoms with Crippen LogP contribution in [0, 0.1) is 0 Å². The van der Waals surface area contributed by atoms with E-state index in [1.54, 1.807) is 6.07 Å². The van der Waals surface area contributed by atoms with Crippen molar-refractivity contribution in [3.05, 3.63) is 28.2 Å². The molecule has 2 rings (SSSR count). The van der Waals surface area contributed by atoms with Crippen LogP contribution in [-0.4, -0.2) is 50.1 Å². The SMILES string of the molecule is O=S(=O)(c1c(Cl)cccc1Cl)N(CCO)CC1CCCN1. The van der Waals surface area contributed by atoms with Crippen LogP contribution in [0.5, 0.6) is 0 Å². The molecule has 0 spiro atoms. The lowest BCUT2D eigenvalue weighted by Crippen LogP contribution is -2.42. The molecular formula is C13H18Cl2N2O3S. The molecule has 0 saturated carbocycles. The highest BCUT2D eigenvalue weighted by Crippen LogP contribution is 2.31. The Morgan fingerprint density at radius 3 is 2.52 bits per heavy atom. The minimum Gasteiger partial charge on any atom is -0.395 e. The smallest absolute Gasteiger partial charge is 0.246 e. The summed E-state index contributed by atoms with van der Waals surface area (Å²) in [5.74, 6) is 0. The van der Waals surface area contributed by atoms with Crippen LogP contribution < -0.4 is 5.32 Å². The van der Waals surface area contributed by atoms with E-state index >= 15 is 0 Å². The Bertz CT molecular complexity index is 569. The monoisotopic (exact) mass is 352 g/mol. The second-order valence-corrected chi connectivity index (χ2v) is 7.62. The summed E-state index contributed by atoms with van der Waals surface area (Å²) in [5.41, 5.74) is 0. The van der Waals surface area contributed by atoms with Crippen LogP contribution in [0.4, 0.5) is 0 Å². The Morgan fingerprint density at radius 1 is 1.33 bits per heavy atom. The van der Waals surface area contributed by atoms with Crippen molar-refractivity contribution in [3.8, 4) is 0 Å². The number of nitrogens with one attached hydrogen (secondary N) is 1. The number of aliphatic hydroxyl groups excluding tert-OH is 1. The van der Waals surface area contributed by atoms with Crippen LogP contribution in [-0.2, 0) is 10.0 Å².